The molecular formula is C18H25N3O. The third-order valence-corrected chi connectivity index (χ3v) is 4.35. The fourth-order valence-electron chi connectivity index (χ4n) is 3.18. The second kappa shape index (κ2) is 7.86. The van der Waals surface area contributed by atoms with Gasteiger partial charge >= 0.3 is 6.03 Å². The molecular weight excluding hydrogens is 274 g/mol. The van der Waals surface area contributed by atoms with E-state index in [0.29, 0.717) is 5.92 Å². The van der Waals surface area contributed by atoms with Gasteiger partial charge in [0.2, 0.25) is 0 Å². The molecule has 2 amide bonds. The van der Waals surface area contributed by atoms with Crippen LogP contribution in [0.5, 0.6) is 0 Å². The number of carbonyl (C=O) groups excluding carboxylic acids is 1. The van der Waals surface area contributed by atoms with Crippen LogP contribution in [0.2, 0.25) is 0 Å². The first-order valence-electron chi connectivity index (χ1n) is 7.82. The molecule has 0 radical (unpaired) electrons. The van der Waals surface area contributed by atoms with Crippen LogP contribution in [0.3, 0.4) is 0 Å². The highest BCUT2D eigenvalue weighted by molar-refractivity contribution is 5.74. The largest absolute Gasteiger partial charge is 0.327 e. The normalized spacial score (nSPS) is 21.9. The maximum Gasteiger partial charge on any atom is 0.318 e. The number of terminal acetylenes is 1. The number of nitrogens with one attached hydrogen (secondary N) is 1. The van der Waals surface area contributed by atoms with Gasteiger partial charge in [-0.1, -0.05) is 43.2 Å². The van der Waals surface area contributed by atoms with Crippen molar-refractivity contribution in [1.82, 2.24) is 15.1 Å². The van der Waals surface area contributed by atoms with Gasteiger partial charge in [0.25, 0.3) is 0 Å². The molecule has 2 atom stereocenters. The minimum Gasteiger partial charge on any atom is -0.327 e. The monoisotopic (exact) mass is 299 g/mol. The van der Waals surface area contributed by atoms with Crippen molar-refractivity contribution >= 4 is 6.03 Å². The van der Waals surface area contributed by atoms with E-state index in [1.807, 2.05) is 18.0 Å². The molecule has 1 aromatic rings. The highest BCUT2D eigenvalue weighted by Crippen LogP contribution is 2.22. The molecule has 2 rings (SSSR count). The summed E-state index contributed by atoms with van der Waals surface area (Å²) in [6.07, 6.45) is 6.18. The van der Waals surface area contributed by atoms with Crippen LogP contribution in [0.1, 0.15) is 18.9 Å². The van der Waals surface area contributed by atoms with Crippen LogP contribution < -0.4 is 5.32 Å². The summed E-state index contributed by atoms with van der Waals surface area (Å²) in [6.45, 7) is 5.49. The highest BCUT2D eigenvalue weighted by Gasteiger charge is 2.30. The highest BCUT2D eigenvalue weighted by atomic mass is 16.2. The molecule has 118 valence electrons. The molecule has 1 heterocycles. The molecule has 22 heavy (non-hydrogen) atoms. The minimum atomic E-state index is -0.0775. The van der Waals surface area contributed by atoms with Crippen molar-refractivity contribution in [2.75, 3.05) is 26.7 Å². The number of piperidine rings is 1. The molecule has 1 aliphatic rings. The van der Waals surface area contributed by atoms with Gasteiger partial charge in [0.05, 0.1) is 6.54 Å². The Hall–Kier alpha value is -1.99. The van der Waals surface area contributed by atoms with E-state index in [4.69, 9.17) is 6.42 Å². The Labute approximate surface area is 133 Å². The summed E-state index contributed by atoms with van der Waals surface area (Å²) in [6, 6.07) is 10.7. The van der Waals surface area contributed by atoms with Gasteiger partial charge in [0.1, 0.15) is 0 Å². The van der Waals surface area contributed by atoms with Gasteiger partial charge < -0.3 is 10.2 Å². The molecule has 0 aromatic heterocycles. The fourth-order valence-corrected chi connectivity index (χ4v) is 3.18. The number of likely N-dealkylation sites (tertiary alicyclic amines) is 1. The van der Waals surface area contributed by atoms with Crippen molar-refractivity contribution in [3.63, 3.8) is 0 Å². The number of urea groups is 1. The average Bonchev–Trinajstić information content (AvgIpc) is 2.53. The molecule has 4 nitrogen and oxygen atoms in total. The Morgan fingerprint density at radius 2 is 2.18 bits per heavy atom. The van der Waals surface area contributed by atoms with Crippen LogP contribution in [0, 0.1) is 18.3 Å². The summed E-state index contributed by atoms with van der Waals surface area (Å²) < 4.78 is 0. The molecule has 0 spiro atoms. The molecule has 0 bridgehead atoms. The van der Waals surface area contributed by atoms with Crippen molar-refractivity contribution in [3.05, 3.63) is 35.9 Å². The minimum absolute atomic E-state index is 0.0775. The third kappa shape index (κ3) is 4.25. The lowest BCUT2D eigenvalue weighted by Crippen LogP contribution is -2.52. The summed E-state index contributed by atoms with van der Waals surface area (Å²) in [7, 11) is 1.86. The van der Waals surface area contributed by atoms with Crippen molar-refractivity contribution in [3.8, 4) is 12.3 Å². The van der Waals surface area contributed by atoms with Gasteiger partial charge in [0, 0.05) is 32.7 Å². The Balaban J connectivity index is 1.87. The quantitative estimate of drug-likeness (QED) is 0.865. The standard InChI is InChI=1S/C18H25N3O/c1-4-11-19-18(22)20(3)17-10-12-21(13-15(17)2)14-16-8-6-5-7-9-16/h1,5-9,15,17H,10-14H2,2-3H3,(H,19,22)/t15-,17-/m0/s1. The van der Waals surface area contributed by atoms with Crippen LogP contribution in [0.4, 0.5) is 4.79 Å². The molecule has 1 aliphatic heterocycles. The fraction of sp³-hybridized carbons (Fsp3) is 0.500. The number of nitrogens with zero attached hydrogens (tertiary/aromatic N) is 2. The lowest BCUT2D eigenvalue weighted by Gasteiger charge is -2.41. The maximum absolute atomic E-state index is 12.0. The molecule has 0 saturated carbocycles. The second-order valence-electron chi connectivity index (χ2n) is 6.03. The van der Waals surface area contributed by atoms with Crippen LogP contribution in [-0.4, -0.2) is 48.6 Å². The van der Waals surface area contributed by atoms with E-state index in [1.165, 1.54) is 5.56 Å². The maximum atomic E-state index is 12.0. The summed E-state index contributed by atoms with van der Waals surface area (Å²) in [5, 5.41) is 2.74. The predicted molar refractivity (Wildman–Crippen MR) is 89.3 cm³/mol. The number of benzene rings is 1. The number of hydrogen-bond donors (Lipinski definition) is 1. The average molecular weight is 299 g/mol. The molecule has 4 heteroatoms. The lowest BCUT2D eigenvalue weighted by molar-refractivity contribution is 0.0895. The zero-order valence-electron chi connectivity index (χ0n) is 13.5. The summed E-state index contributed by atoms with van der Waals surface area (Å²) in [5.74, 6) is 2.88. The van der Waals surface area contributed by atoms with Crippen molar-refractivity contribution < 1.29 is 4.79 Å². The van der Waals surface area contributed by atoms with Gasteiger partial charge in [-0.05, 0) is 17.9 Å². The SMILES string of the molecule is C#CCNC(=O)N(C)[C@H]1CCN(Cc2ccccc2)C[C@@H]1C. The molecule has 1 saturated heterocycles. The molecule has 0 aliphatic carbocycles. The van der Waals surface area contributed by atoms with Crippen molar-refractivity contribution in [2.45, 2.75) is 25.9 Å². The Morgan fingerprint density at radius 1 is 1.45 bits per heavy atom. The Bertz CT molecular complexity index is 523. The lowest BCUT2D eigenvalue weighted by atomic mass is 9.92. The van der Waals surface area contributed by atoms with Crippen molar-refractivity contribution in [2.24, 2.45) is 5.92 Å². The van der Waals surface area contributed by atoms with Crippen LogP contribution in [-0.2, 0) is 6.54 Å². The number of carbonyl (C=O) groups is 1. The first-order chi connectivity index (χ1) is 10.6. The van der Waals surface area contributed by atoms with E-state index in [9.17, 15) is 4.79 Å². The summed E-state index contributed by atoms with van der Waals surface area (Å²) in [5.41, 5.74) is 1.34. The molecule has 0 unspecified atom stereocenters. The van der Waals surface area contributed by atoms with Gasteiger partial charge in [0.15, 0.2) is 0 Å². The number of amides is 2. The zero-order chi connectivity index (χ0) is 15.9. The predicted octanol–water partition coefficient (Wildman–Crippen LogP) is 2.17. The Kier molecular flexibility index (Phi) is 5.85. The van der Waals surface area contributed by atoms with Gasteiger partial charge in [-0.3, -0.25) is 4.90 Å². The second-order valence-corrected chi connectivity index (χ2v) is 6.03. The molecule has 1 fully saturated rings. The molecule has 1 N–H and O–H groups in total. The van der Waals surface area contributed by atoms with E-state index in [1.54, 1.807) is 0 Å². The summed E-state index contributed by atoms with van der Waals surface area (Å²) in [4.78, 5) is 16.3. The van der Waals surface area contributed by atoms with E-state index in [2.05, 4.69) is 47.3 Å². The first-order valence-corrected chi connectivity index (χ1v) is 7.82. The summed E-state index contributed by atoms with van der Waals surface area (Å²) >= 11 is 0. The third-order valence-electron chi connectivity index (χ3n) is 4.35. The van der Waals surface area contributed by atoms with Crippen LogP contribution >= 0.6 is 0 Å². The van der Waals surface area contributed by atoms with E-state index in [0.717, 1.165) is 26.1 Å². The van der Waals surface area contributed by atoms with E-state index >= 15 is 0 Å². The number of hydrogen-bond acceptors (Lipinski definition) is 2. The van der Waals surface area contributed by atoms with Gasteiger partial charge in [-0.15, -0.1) is 6.42 Å². The van der Waals surface area contributed by atoms with E-state index < -0.39 is 0 Å². The smallest absolute Gasteiger partial charge is 0.318 e. The van der Waals surface area contributed by atoms with Gasteiger partial charge in [-0.25, -0.2) is 4.79 Å². The molecule has 1 aromatic carbocycles. The first kappa shape index (κ1) is 16.4. The number of rotatable bonds is 4. The topological polar surface area (TPSA) is 35.6 Å². The van der Waals surface area contributed by atoms with Gasteiger partial charge in [-0.2, -0.15) is 0 Å². The van der Waals surface area contributed by atoms with Crippen molar-refractivity contribution in [1.29, 1.82) is 0 Å². The Morgan fingerprint density at radius 3 is 2.82 bits per heavy atom. The zero-order valence-corrected chi connectivity index (χ0v) is 13.5. The van der Waals surface area contributed by atoms with Crippen LogP contribution in [0.15, 0.2) is 30.3 Å². The van der Waals surface area contributed by atoms with E-state index in [-0.39, 0.29) is 18.6 Å². The van der Waals surface area contributed by atoms with Crippen LogP contribution in [0.25, 0.3) is 0 Å².